The number of hydrogen-bond donors (Lipinski definition) is 2. The highest BCUT2D eigenvalue weighted by molar-refractivity contribution is 9.10. The molecule has 0 saturated heterocycles. The smallest absolute Gasteiger partial charge is 0.261 e. The van der Waals surface area contributed by atoms with Crippen molar-refractivity contribution in [3.63, 3.8) is 0 Å². The molecular weight excluding hydrogens is 346 g/mol. The zero-order valence-electron chi connectivity index (χ0n) is 10.9. The molecule has 0 atom stereocenters. The lowest BCUT2D eigenvalue weighted by Gasteiger charge is -2.10. The number of benzene rings is 2. The van der Waals surface area contributed by atoms with Crippen LogP contribution < -0.4 is 15.8 Å². The Hall–Kier alpha value is -2.15. The van der Waals surface area contributed by atoms with E-state index in [1.807, 2.05) is 0 Å². The number of nitrogens with one attached hydrogen (secondary N) is 1. The third-order valence-electron chi connectivity index (χ3n) is 2.76. The molecule has 2 rings (SSSR count). The summed E-state index contributed by atoms with van der Waals surface area (Å²) in [4.78, 5) is 12.0. The second-order valence-corrected chi connectivity index (χ2v) is 4.98. The van der Waals surface area contributed by atoms with Crippen molar-refractivity contribution in [2.24, 2.45) is 0 Å². The summed E-state index contributed by atoms with van der Waals surface area (Å²) in [5, 5.41) is 2.40. The Balaban J connectivity index is 2.30. The molecule has 0 fully saturated rings. The molecule has 0 radical (unpaired) electrons. The van der Waals surface area contributed by atoms with Crippen molar-refractivity contribution in [1.29, 1.82) is 0 Å². The van der Waals surface area contributed by atoms with Gasteiger partial charge in [0.1, 0.15) is 17.1 Å². The summed E-state index contributed by atoms with van der Waals surface area (Å²) in [6.45, 7) is 0. The lowest BCUT2D eigenvalue weighted by Crippen LogP contribution is -2.16. The molecule has 110 valence electrons. The summed E-state index contributed by atoms with van der Waals surface area (Å²) >= 11 is 3.25. The predicted octanol–water partition coefficient (Wildman–Crippen LogP) is 3.57. The third-order valence-corrected chi connectivity index (χ3v) is 3.38. The van der Waals surface area contributed by atoms with E-state index in [0.29, 0.717) is 15.9 Å². The Morgan fingerprint density at radius 1 is 1.29 bits per heavy atom. The Bertz CT molecular complexity index is 708. The highest BCUT2D eigenvalue weighted by Gasteiger charge is 2.20. The molecule has 0 heterocycles. The highest BCUT2D eigenvalue weighted by Crippen LogP contribution is 2.28. The zero-order chi connectivity index (χ0) is 15.6. The van der Waals surface area contributed by atoms with Crippen LogP contribution in [0.1, 0.15) is 10.4 Å². The Kier molecular flexibility index (Phi) is 4.42. The summed E-state index contributed by atoms with van der Waals surface area (Å²) < 4.78 is 33.0. The molecule has 21 heavy (non-hydrogen) atoms. The Morgan fingerprint density at radius 3 is 2.62 bits per heavy atom. The summed E-state index contributed by atoms with van der Waals surface area (Å²) in [5.74, 6) is -2.42. The van der Waals surface area contributed by atoms with E-state index < -0.39 is 23.1 Å². The van der Waals surface area contributed by atoms with Gasteiger partial charge >= 0.3 is 0 Å². The van der Waals surface area contributed by atoms with Crippen LogP contribution in [0.4, 0.5) is 20.2 Å². The van der Waals surface area contributed by atoms with Crippen molar-refractivity contribution < 1.29 is 18.3 Å². The number of carbonyl (C=O) groups excluding carboxylic acids is 1. The van der Waals surface area contributed by atoms with Crippen LogP contribution >= 0.6 is 15.9 Å². The van der Waals surface area contributed by atoms with Gasteiger partial charge in [0, 0.05) is 5.69 Å². The van der Waals surface area contributed by atoms with Gasteiger partial charge in [0.2, 0.25) is 0 Å². The number of rotatable bonds is 3. The number of halogens is 3. The second kappa shape index (κ2) is 6.09. The van der Waals surface area contributed by atoms with Crippen molar-refractivity contribution >= 4 is 33.2 Å². The Labute approximate surface area is 128 Å². The van der Waals surface area contributed by atoms with Crippen molar-refractivity contribution in [1.82, 2.24) is 0 Å². The van der Waals surface area contributed by atoms with E-state index in [0.717, 1.165) is 12.1 Å². The molecular formula is C14H11BrF2N2O2. The fraction of sp³-hybridized carbons (Fsp3) is 0.0714. The van der Waals surface area contributed by atoms with Crippen LogP contribution in [-0.2, 0) is 0 Å². The van der Waals surface area contributed by atoms with Gasteiger partial charge in [-0.3, -0.25) is 4.79 Å². The van der Waals surface area contributed by atoms with Crippen LogP contribution in [0.3, 0.4) is 0 Å². The van der Waals surface area contributed by atoms with Gasteiger partial charge in [-0.1, -0.05) is 0 Å². The van der Waals surface area contributed by atoms with E-state index in [4.69, 9.17) is 10.5 Å². The number of methoxy groups -OCH3 is 1. The highest BCUT2D eigenvalue weighted by atomic mass is 79.9. The number of nitrogen functional groups attached to an aromatic ring is 1. The van der Waals surface area contributed by atoms with Gasteiger partial charge in [0.25, 0.3) is 5.91 Å². The molecule has 0 unspecified atom stereocenters. The van der Waals surface area contributed by atoms with Gasteiger partial charge in [0.15, 0.2) is 5.82 Å². The molecule has 0 aliphatic carbocycles. The molecule has 0 aliphatic rings. The van der Waals surface area contributed by atoms with E-state index in [-0.39, 0.29) is 5.69 Å². The van der Waals surface area contributed by atoms with Gasteiger partial charge in [-0.25, -0.2) is 8.78 Å². The van der Waals surface area contributed by atoms with Crippen LogP contribution in [0, 0.1) is 11.6 Å². The maximum atomic E-state index is 13.8. The molecule has 0 aromatic heterocycles. The largest absolute Gasteiger partial charge is 0.496 e. The van der Waals surface area contributed by atoms with Crippen molar-refractivity contribution in [2.45, 2.75) is 0 Å². The molecule has 0 aliphatic heterocycles. The van der Waals surface area contributed by atoms with Crippen LogP contribution in [-0.4, -0.2) is 13.0 Å². The summed E-state index contributed by atoms with van der Waals surface area (Å²) in [6.07, 6.45) is 0. The molecule has 2 aromatic rings. The first-order valence-corrected chi connectivity index (χ1v) is 6.61. The van der Waals surface area contributed by atoms with Crippen LogP contribution in [0.2, 0.25) is 0 Å². The minimum absolute atomic E-state index is 0.294. The number of carbonyl (C=O) groups is 1. The second-order valence-electron chi connectivity index (χ2n) is 4.13. The SMILES string of the molecule is COc1ccc(NC(=O)c2c(F)ccc(N)c2F)cc1Br. The van der Waals surface area contributed by atoms with Crippen LogP contribution in [0.5, 0.6) is 5.75 Å². The number of nitrogens with two attached hydrogens (primary N) is 1. The predicted molar refractivity (Wildman–Crippen MR) is 79.4 cm³/mol. The van der Waals surface area contributed by atoms with Crippen molar-refractivity contribution in [3.8, 4) is 5.75 Å². The van der Waals surface area contributed by atoms with E-state index in [1.54, 1.807) is 18.2 Å². The lowest BCUT2D eigenvalue weighted by molar-refractivity contribution is 0.101. The normalized spacial score (nSPS) is 10.3. The van der Waals surface area contributed by atoms with Gasteiger partial charge in [-0.05, 0) is 46.3 Å². The number of amides is 1. The number of anilines is 2. The van der Waals surface area contributed by atoms with Crippen LogP contribution in [0.15, 0.2) is 34.8 Å². The monoisotopic (exact) mass is 356 g/mol. The first-order valence-electron chi connectivity index (χ1n) is 5.82. The van der Waals surface area contributed by atoms with Crippen molar-refractivity contribution in [2.75, 3.05) is 18.2 Å². The first-order chi connectivity index (χ1) is 9.93. The van der Waals surface area contributed by atoms with Gasteiger partial charge in [0.05, 0.1) is 17.3 Å². The molecule has 4 nitrogen and oxygen atoms in total. The molecule has 0 spiro atoms. The van der Waals surface area contributed by atoms with Crippen LogP contribution in [0.25, 0.3) is 0 Å². The van der Waals surface area contributed by atoms with Gasteiger partial charge < -0.3 is 15.8 Å². The fourth-order valence-corrected chi connectivity index (χ4v) is 2.26. The van der Waals surface area contributed by atoms with Crippen molar-refractivity contribution in [3.05, 3.63) is 52.0 Å². The zero-order valence-corrected chi connectivity index (χ0v) is 12.5. The quantitative estimate of drug-likeness (QED) is 0.826. The average Bonchev–Trinajstić information content (AvgIpc) is 2.43. The van der Waals surface area contributed by atoms with Gasteiger partial charge in [-0.15, -0.1) is 0 Å². The maximum Gasteiger partial charge on any atom is 0.261 e. The average molecular weight is 357 g/mol. The first kappa shape index (κ1) is 15.2. The van der Waals surface area contributed by atoms with E-state index in [9.17, 15) is 13.6 Å². The Morgan fingerprint density at radius 2 is 2.00 bits per heavy atom. The third kappa shape index (κ3) is 3.13. The molecule has 7 heteroatoms. The van der Waals surface area contributed by atoms with Gasteiger partial charge in [-0.2, -0.15) is 0 Å². The lowest BCUT2D eigenvalue weighted by atomic mass is 10.1. The van der Waals surface area contributed by atoms with E-state index in [1.165, 1.54) is 7.11 Å². The minimum Gasteiger partial charge on any atom is -0.496 e. The molecule has 3 N–H and O–H groups in total. The summed E-state index contributed by atoms with van der Waals surface area (Å²) in [7, 11) is 1.50. The molecule has 0 bridgehead atoms. The topological polar surface area (TPSA) is 64.3 Å². The standard InChI is InChI=1S/C14H11BrF2N2O2/c1-21-11-5-2-7(6-8(11)15)19-14(20)12-9(16)3-4-10(18)13(12)17/h2-6H,18H2,1H3,(H,19,20). The minimum atomic E-state index is -1.08. The maximum absolute atomic E-state index is 13.8. The van der Waals surface area contributed by atoms with E-state index >= 15 is 0 Å². The number of ether oxygens (including phenoxy) is 1. The molecule has 1 amide bonds. The fourth-order valence-electron chi connectivity index (χ4n) is 1.71. The summed E-state index contributed by atoms with van der Waals surface area (Å²) in [5.41, 5.74) is 4.68. The van der Waals surface area contributed by atoms with E-state index in [2.05, 4.69) is 21.2 Å². The molecule has 2 aromatic carbocycles. The molecule has 0 saturated carbocycles. The number of hydrogen-bond acceptors (Lipinski definition) is 3. The summed E-state index contributed by atoms with van der Waals surface area (Å²) in [6, 6.07) is 6.71.